The number of imidazole rings is 2. The van der Waals surface area contributed by atoms with E-state index in [1.54, 1.807) is 33.8 Å². The van der Waals surface area contributed by atoms with Crippen molar-refractivity contribution >= 4 is 45.4 Å². The molecule has 5 aromatic rings. The van der Waals surface area contributed by atoms with E-state index >= 15 is 0 Å². The van der Waals surface area contributed by atoms with Gasteiger partial charge in [-0.3, -0.25) is 19.0 Å². The Labute approximate surface area is 328 Å². The van der Waals surface area contributed by atoms with E-state index in [1.165, 1.54) is 48.2 Å². The van der Waals surface area contributed by atoms with Gasteiger partial charge in [-0.05, 0) is 42.9 Å². The number of carbonyl (C=O) groups excluding carboxylic acids is 4. The van der Waals surface area contributed by atoms with Gasteiger partial charge in [-0.25, -0.2) is 14.8 Å². The fraction of sp³-hybridized carbons (Fsp3) is 0.450. The summed E-state index contributed by atoms with van der Waals surface area (Å²) in [6.07, 6.45) is 15.4. The number of aromatic amines is 2. The first-order chi connectivity index (χ1) is 26.7. The third kappa shape index (κ3) is 14.0. The second-order valence-electron chi connectivity index (χ2n) is 12.9. The van der Waals surface area contributed by atoms with Gasteiger partial charge in [0.25, 0.3) is 0 Å². The summed E-state index contributed by atoms with van der Waals surface area (Å²) in [4.78, 5) is 62.9. The zero-order valence-electron chi connectivity index (χ0n) is 33.0. The molecule has 0 unspecified atom stereocenters. The number of fused-ring (bicyclic) bond motifs is 1. The van der Waals surface area contributed by atoms with Gasteiger partial charge in [0.05, 0.1) is 44.4 Å². The van der Waals surface area contributed by atoms with E-state index in [0.717, 1.165) is 68.9 Å². The number of rotatable bonds is 7. The van der Waals surface area contributed by atoms with Gasteiger partial charge in [0, 0.05) is 55.6 Å². The van der Waals surface area contributed by atoms with Gasteiger partial charge in [-0.1, -0.05) is 64.8 Å². The maximum absolute atomic E-state index is 11.3. The number of amides is 4. The molecule has 2 aliphatic rings. The minimum absolute atomic E-state index is 0.0303. The highest BCUT2D eigenvalue weighted by Gasteiger charge is 2.19. The number of alkyl carbamates (subject to hydrolysis) is 1. The second kappa shape index (κ2) is 24.1. The second-order valence-corrected chi connectivity index (χ2v) is 13.7. The third-order valence-electron chi connectivity index (χ3n) is 8.14. The Morgan fingerprint density at radius 1 is 0.764 bits per heavy atom. The fourth-order valence-electron chi connectivity index (χ4n) is 5.53. The average Bonchev–Trinajstić information content (AvgIpc) is 4.04. The Morgan fingerprint density at radius 2 is 1.29 bits per heavy atom. The number of likely N-dealkylation sites (tertiary alicyclic amines) is 2. The zero-order valence-corrected chi connectivity index (χ0v) is 33.8. The normalized spacial score (nSPS) is 12.8. The van der Waals surface area contributed by atoms with Crippen molar-refractivity contribution in [3.05, 3.63) is 67.0 Å². The quantitative estimate of drug-likeness (QED) is 0.138. The average molecular weight is 776 g/mol. The van der Waals surface area contributed by atoms with Crippen LogP contribution in [0.2, 0.25) is 0 Å². The van der Waals surface area contributed by atoms with Crippen molar-refractivity contribution in [2.75, 3.05) is 46.4 Å². The molecule has 1 aromatic carbocycles. The number of thiophene rings is 1. The van der Waals surface area contributed by atoms with Crippen molar-refractivity contribution in [3.63, 3.8) is 0 Å². The molecule has 4 amide bonds. The number of hydrogen-bond donors (Lipinski definition) is 4. The highest BCUT2D eigenvalue weighted by molar-refractivity contribution is 7.17. The van der Waals surface area contributed by atoms with Crippen molar-refractivity contribution in [1.29, 1.82) is 0 Å². The van der Waals surface area contributed by atoms with Crippen LogP contribution < -0.4 is 10.6 Å². The van der Waals surface area contributed by atoms with Gasteiger partial charge in [-0.2, -0.15) is 0 Å². The van der Waals surface area contributed by atoms with E-state index < -0.39 is 6.09 Å². The van der Waals surface area contributed by atoms with Gasteiger partial charge in [-0.15, -0.1) is 11.3 Å². The molecule has 2 aliphatic heterocycles. The summed E-state index contributed by atoms with van der Waals surface area (Å²) in [5.41, 5.74) is 4.64. The SMILES string of the molecule is CC(=O)NCC(=O)N1CCCC1.CCC.CCC.COC(=O)NCC(=O)N1CCCC1.c1ncc(-c2ccc(-c3csc4c3ccn4-c3cnc[nH]3)cc2)[nH]1. The molecule has 2 saturated heterocycles. The summed E-state index contributed by atoms with van der Waals surface area (Å²) in [5.74, 6) is 0.820. The number of hydrogen-bond acceptors (Lipinski definition) is 8. The van der Waals surface area contributed by atoms with Crippen LogP contribution in [0.3, 0.4) is 0 Å². The Bertz CT molecular complexity index is 1840. The van der Waals surface area contributed by atoms with E-state index in [1.807, 2.05) is 12.4 Å². The number of H-pyrrole nitrogens is 2. The van der Waals surface area contributed by atoms with E-state index in [4.69, 9.17) is 0 Å². The van der Waals surface area contributed by atoms with Gasteiger partial charge < -0.3 is 35.1 Å². The van der Waals surface area contributed by atoms with Crippen molar-refractivity contribution in [2.24, 2.45) is 0 Å². The molecule has 7 rings (SSSR count). The summed E-state index contributed by atoms with van der Waals surface area (Å²) in [6, 6.07) is 10.7. The summed E-state index contributed by atoms with van der Waals surface area (Å²) in [5, 5.41) is 8.31. The first-order valence-corrected chi connectivity index (χ1v) is 19.8. The topological polar surface area (TPSA) is 170 Å². The zero-order chi connectivity index (χ0) is 40.0. The highest BCUT2D eigenvalue weighted by atomic mass is 32.1. The van der Waals surface area contributed by atoms with Gasteiger partial charge in [0.1, 0.15) is 17.2 Å². The first kappa shape index (κ1) is 44.0. The van der Waals surface area contributed by atoms with Crippen molar-refractivity contribution in [2.45, 2.75) is 73.1 Å². The van der Waals surface area contributed by atoms with E-state index in [-0.39, 0.29) is 30.8 Å². The largest absolute Gasteiger partial charge is 0.453 e. The Hall–Kier alpha value is -5.44. The van der Waals surface area contributed by atoms with Gasteiger partial charge in [0.2, 0.25) is 17.7 Å². The third-order valence-corrected chi connectivity index (χ3v) is 9.14. The molecule has 0 bridgehead atoms. The lowest BCUT2D eigenvalue weighted by Gasteiger charge is -2.14. The number of methoxy groups -OCH3 is 1. The Morgan fingerprint density at radius 3 is 1.78 bits per heavy atom. The molecule has 298 valence electrons. The van der Waals surface area contributed by atoms with Gasteiger partial charge in [0.15, 0.2) is 0 Å². The summed E-state index contributed by atoms with van der Waals surface area (Å²) >= 11 is 1.74. The number of aromatic nitrogens is 5. The highest BCUT2D eigenvalue weighted by Crippen LogP contribution is 2.36. The molecule has 14 nitrogen and oxygen atoms in total. The number of carbonyl (C=O) groups is 4. The van der Waals surface area contributed by atoms with Crippen molar-refractivity contribution in [3.8, 4) is 28.2 Å². The lowest BCUT2D eigenvalue weighted by molar-refractivity contribution is -0.131. The molecular weight excluding hydrogens is 719 g/mol. The number of benzene rings is 1. The first-order valence-electron chi connectivity index (χ1n) is 18.9. The van der Waals surface area contributed by atoms with Crippen LogP contribution in [0.4, 0.5) is 4.79 Å². The molecule has 4 N–H and O–H groups in total. The number of ether oxygens (including phenoxy) is 1. The molecule has 0 atom stereocenters. The van der Waals surface area contributed by atoms with Crippen LogP contribution in [-0.4, -0.2) is 104 Å². The van der Waals surface area contributed by atoms with Crippen molar-refractivity contribution < 1.29 is 23.9 Å². The van der Waals surface area contributed by atoms with Gasteiger partial charge >= 0.3 is 6.09 Å². The molecule has 0 spiro atoms. The predicted molar refractivity (Wildman–Crippen MR) is 219 cm³/mol. The standard InChI is InChI=1S/C18H13N5S.C8H14N2O3.C8H14N2O2.2C3H8/c1-3-13(16-7-19-10-21-16)4-2-12(1)15-9-24-18-14(15)5-6-23(18)17-8-20-11-22-17;1-13-8(12)9-6-7(11)10-4-2-3-5-10;1-7(11)9-6-8(12)10-4-2-3-5-10;2*1-3-2/h1-11H,(H,19,21)(H,20,22);2-6H2,1H3,(H,9,12);2-6H2,1H3,(H,9,11);2*3H2,1-2H3. The van der Waals surface area contributed by atoms with Crippen LogP contribution in [-0.2, 0) is 19.1 Å². The summed E-state index contributed by atoms with van der Waals surface area (Å²) < 4.78 is 6.48. The van der Waals surface area contributed by atoms with Crippen LogP contribution in [0.1, 0.15) is 73.1 Å². The molecule has 15 heteroatoms. The maximum atomic E-state index is 11.3. The number of nitrogens with one attached hydrogen (secondary N) is 4. The lowest BCUT2D eigenvalue weighted by Crippen LogP contribution is -2.38. The minimum atomic E-state index is -0.562. The van der Waals surface area contributed by atoms with Crippen molar-refractivity contribution in [1.82, 2.24) is 44.9 Å². The van der Waals surface area contributed by atoms with E-state index in [0.29, 0.717) is 0 Å². The van der Waals surface area contributed by atoms with E-state index in [9.17, 15) is 19.2 Å². The fourth-order valence-corrected chi connectivity index (χ4v) is 6.60. The Balaban J connectivity index is 0.000000224. The maximum Gasteiger partial charge on any atom is 0.407 e. The van der Waals surface area contributed by atoms with Crippen LogP contribution in [0, 0.1) is 0 Å². The molecule has 0 radical (unpaired) electrons. The van der Waals surface area contributed by atoms with Crippen LogP contribution in [0.5, 0.6) is 0 Å². The molecule has 55 heavy (non-hydrogen) atoms. The van der Waals surface area contributed by atoms with Crippen LogP contribution in [0.25, 0.3) is 38.4 Å². The Kier molecular flexibility index (Phi) is 19.2. The molecular formula is C40H57N9O5S. The molecule has 2 fully saturated rings. The predicted octanol–water partition coefficient (Wildman–Crippen LogP) is 7.01. The molecule has 6 heterocycles. The van der Waals surface area contributed by atoms with Crippen LogP contribution in [0.15, 0.2) is 67.0 Å². The van der Waals surface area contributed by atoms with E-state index in [2.05, 4.69) is 109 Å². The smallest absolute Gasteiger partial charge is 0.407 e. The lowest BCUT2D eigenvalue weighted by atomic mass is 10.0. The van der Waals surface area contributed by atoms with Crippen LogP contribution >= 0.6 is 11.3 Å². The minimum Gasteiger partial charge on any atom is -0.453 e. The number of nitrogens with zero attached hydrogens (tertiary/aromatic N) is 5. The molecule has 0 saturated carbocycles. The monoisotopic (exact) mass is 775 g/mol. The molecule has 0 aliphatic carbocycles. The summed E-state index contributed by atoms with van der Waals surface area (Å²) in [6.45, 7) is 13.4. The summed E-state index contributed by atoms with van der Waals surface area (Å²) in [7, 11) is 1.27. The molecule has 4 aromatic heterocycles.